The quantitative estimate of drug-likeness (QED) is 0.785. The summed E-state index contributed by atoms with van der Waals surface area (Å²) < 4.78 is 36.3. The molecule has 8 heteroatoms. The third-order valence-electron chi connectivity index (χ3n) is 3.99. The Bertz CT molecular complexity index is 703. The van der Waals surface area contributed by atoms with Crippen LogP contribution in [-0.2, 0) is 27.8 Å². The Morgan fingerprint density at radius 1 is 1.21 bits per heavy atom. The van der Waals surface area contributed by atoms with E-state index in [1.54, 1.807) is 26.0 Å². The van der Waals surface area contributed by atoms with E-state index in [9.17, 15) is 13.2 Å². The minimum Gasteiger partial charge on any atom is -0.493 e. The van der Waals surface area contributed by atoms with Gasteiger partial charge in [0.15, 0.2) is 11.5 Å². The fourth-order valence-corrected chi connectivity index (χ4v) is 3.75. The molecule has 1 amide bonds. The number of sulfonamides is 1. The molecule has 24 heavy (non-hydrogen) atoms. The molecular formula is C16H24N2O5S. The average Bonchev–Trinajstić information content (AvgIpc) is 2.57. The Kier molecular flexibility index (Phi) is 6.06. The zero-order valence-corrected chi connectivity index (χ0v) is 15.1. The summed E-state index contributed by atoms with van der Waals surface area (Å²) >= 11 is 0. The minimum absolute atomic E-state index is 0.0279. The lowest BCUT2D eigenvalue weighted by molar-refractivity contribution is -0.130. The fourth-order valence-electron chi connectivity index (χ4n) is 2.72. The van der Waals surface area contributed by atoms with E-state index in [0.717, 1.165) is 11.1 Å². The first-order valence-electron chi connectivity index (χ1n) is 7.89. The van der Waals surface area contributed by atoms with Gasteiger partial charge in [-0.2, -0.15) is 0 Å². The Morgan fingerprint density at radius 2 is 1.83 bits per heavy atom. The SMILES string of the molecule is CCCS(=O)(=O)NCC(=O)N1CCc2cc(OC)c(OC)cc2C1. The summed E-state index contributed by atoms with van der Waals surface area (Å²) in [6.45, 7) is 2.57. The minimum atomic E-state index is -3.38. The molecule has 2 rings (SSSR count). The van der Waals surface area contributed by atoms with Crippen LogP contribution in [0.15, 0.2) is 12.1 Å². The van der Waals surface area contributed by atoms with Crippen molar-refractivity contribution >= 4 is 15.9 Å². The second-order valence-corrected chi connectivity index (χ2v) is 7.61. The number of hydrogen-bond acceptors (Lipinski definition) is 5. The number of carbonyl (C=O) groups is 1. The van der Waals surface area contributed by atoms with Crippen molar-refractivity contribution in [3.05, 3.63) is 23.3 Å². The van der Waals surface area contributed by atoms with Crippen LogP contribution in [-0.4, -0.2) is 52.3 Å². The van der Waals surface area contributed by atoms with Crippen LogP contribution in [0, 0.1) is 0 Å². The summed E-state index contributed by atoms with van der Waals surface area (Å²) in [5, 5.41) is 0. The van der Waals surface area contributed by atoms with Gasteiger partial charge in [0.2, 0.25) is 15.9 Å². The number of nitrogens with zero attached hydrogens (tertiary/aromatic N) is 1. The van der Waals surface area contributed by atoms with Crippen LogP contribution >= 0.6 is 0 Å². The first-order chi connectivity index (χ1) is 11.4. The molecule has 7 nitrogen and oxygen atoms in total. The largest absolute Gasteiger partial charge is 0.493 e. The molecule has 0 bridgehead atoms. The van der Waals surface area contributed by atoms with Gasteiger partial charge < -0.3 is 14.4 Å². The van der Waals surface area contributed by atoms with E-state index >= 15 is 0 Å². The summed E-state index contributed by atoms with van der Waals surface area (Å²) in [5.41, 5.74) is 2.10. The van der Waals surface area contributed by atoms with Crippen LogP contribution in [0.3, 0.4) is 0 Å². The first kappa shape index (κ1) is 18.5. The van der Waals surface area contributed by atoms with Crippen molar-refractivity contribution in [1.82, 2.24) is 9.62 Å². The van der Waals surface area contributed by atoms with Gasteiger partial charge >= 0.3 is 0 Å². The van der Waals surface area contributed by atoms with Crippen molar-refractivity contribution in [2.24, 2.45) is 0 Å². The van der Waals surface area contributed by atoms with Crippen molar-refractivity contribution in [2.45, 2.75) is 26.3 Å². The molecule has 0 aliphatic carbocycles. The smallest absolute Gasteiger partial charge is 0.237 e. The predicted molar refractivity (Wildman–Crippen MR) is 90.7 cm³/mol. The number of benzene rings is 1. The standard InChI is InChI=1S/C16H24N2O5S/c1-4-7-24(20,21)17-10-16(19)18-6-5-12-8-14(22-2)15(23-3)9-13(12)11-18/h8-9,17H,4-7,10-11H2,1-3H3. The highest BCUT2D eigenvalue weighted by Gasteiger charge is 2.23. The molecule has 0 unspecified atom stereocenters. The van der Waals surface area contributed by atoms with Crippen molar-refractivity contribution in [2.75, 3.05) is 33.1 Å². The van der Waals surface area contributed by atoms with Gasteiger partial charge in [0.25, 0.3) is 0 Å². The molecule has 1 heterocycles. The van der Waals surface area contributed by atoms with Gasteiger partial charge in [0.1, 0.15) is 0 Å². The maximum Gasteiger partial charge on any atom is 0.237 e. The van der Waals surface area contributed by atoms with Crippen molar-refractivity contribution in [3.8, 4) is 11.5 Å². The summed E-state index contributed by atoms with van der Waals surface area (Å²) in [4.78, 5) is 13.9. The topological polar surface area (TPSA) is 84.9 Å². The molecule has 134 valence electrons. The molecule has 0 saturated carbocycles. The zero-order valence-electron chi connectivity index (χ0n) is 14.3. The van der Waals surface area contributed by atoms with Crippen molar-refractivity contribution in [1.29, 1.82) is 0 Å². The van der Waals surface area contributed by atoms with Crippen molar-refractivity contribution in [3.63, 3.8) is 0 Å². The van der Waals surface area contributed by atoms with Crippen LogP contribution in [0.4, 0.5) is 0 Å². The van der Waals surface area contributed by atoms with E-state index in [1.807, 2.05) is 12.1 Å². The highest BCUT2D eigenvalue weighted by atomic mass is 32.2. The third-order valence-corrected chi connectivity index (χ3v) is 5.52. The second-order valence-electron chi connectivity index (χ2n) is 5.68. The van der Waals surface area contributed by atoms with Crippen LogP contribution in [0.25, 0.3) is 0 Å². The number of nitrogens with one attached hydrogen (secondary N) is 1. The molecule has 1 aliphatic rings. The Morgan fingerprint density at radius 3 is 2.42 bits per heavy atom. The predicted octanol–water partition coefficient (Wildman–Crippen LogP) is 0.918. The maximum atomic E-state index is 12.3. The molecule has 0 aromatic heterocycles. The zero-order chi connectivity index (χ0) is 17.7. The van der Waals surface area contributed by atoms with E-state index in [0.29, 0.717) is 37.4 Å². The van der Waals surface area contributed by atoms with Gasteiger partial charge in [0, 0.05) is 13.1 Å². The summed E-state index contributed by atoms with van der Waals surface area (Å²) in [6.07, 6.45) is 1.21. The molecule has 1 N–H and O–H groups in total. The van der Waals surface area contributed by atoms with Gasteiger partial charge in [-0.05, 0) is 36.1 Å². The lowest BCUT2D eigenvalue weighted by atomic mass is 9.98. The summed E-state index contributed by atoms with van der Waals surface area (Å²) in [7, 11) is -0.223. The Balaban J connectivity index is 2.05. The van der Waals surface area contributed by atoms with Crippen molar-refractivity contribution < 1.29 is 22.7 Å². The molecule has 0 fully saturated rings. The van der Waals surface area contributed by atoms with Crippen LogP contribution in [0.1, 0.15) is 24.5 Å². The first-order valence-corrected chi connectivity index (χ1v) is 9.54. The number of ether oxygens (including phenoxy) is 2. The van der Waals surface area contributed by atoms with Crippen LogP contribution in [0.2, 0.25) is 0 Å². The van der Waals surface area contributed by atoms with Crippen LogP contribution in [0.5, 0.6) is 11.5 Å². The molecule has 1 aromatic carbocycles. The van der Waals surface area contributed by atoms with E-state index in [1.165, 1.54) is 0 Å². The number of hydrogen-bond donors (Lipinski definition) is 1. The number of fused-ring (bicyclic) bond motifs is 1. The van der Waals surface area contributed by atoms with Gasteiger partial charge in [-0.1, -0.05) is 6.92 Å². The van der Waals surface area contributed by atoms with Crippen LogP contribution < -0.4 is 14.2 Å². The monoisotopic (exact) mass is 356 g/mol. The number of amides is 1. The van der Waals surface area contributed by atoms with E-state index in [2.05, 4.69) is 4.72 Å². The lowest BCUT2D eigenvalue weighted by Gasteiger charge is -2.29. The molecule has 0 spiro atoms. The highest BCUT2D eigenvalue weighted by Crippen LogP contribution is 2.33. The molecule has 0 atom stereocenters. The highest BCUT2D eigenvalue weighted by molar-refractivity contribution is 7.89. The summed E-state index contributed by atoms with van der Waals surface area (Å²) in [6, 6.07) is 3.80. The number of carbonyl (C=O) groups excluding carboxylic acids is 1. The Labute approximate surface area is 143 Å². The van der Waals surface area contributed by atoms with Gasteiger partial charge in [-0.15, -0.1) is 0 Å². The average molecular weight is 356 g/mol. The van der Waals surface area contributed by atoms with E-state index in [-0.39, 0.29) is 18.2 Å². The summed E-state index contributed by atoms with van der Waals surface area (Å²) in [5.74, 6) is 1.09. The molecule has 1 aromatic rings. The number of rotatable bonds is 7. The van der Waals surface area contributed by atoms with E-state index < -0.39 is 10.0 Å². The van der Waals surface area contributed by atoms with Gasteiger partial charge in [0.05, 0.1) is 26.5 Å². The normalized spacial score (nSPS) is 14.2. The maximum absolute atomic E-state index is 12.3. The lowest BCUT2D eigenvalue weighted by Crippen LogP contribution is -2.43. The number of methoxy groups -OCH3 is 2. The Hall–Kier alpha value is -1.80. The molecule has 0 saturated heterocycles. The fraction of sp³-hybridized carbons (Fsp3) is 0.562. The van der Waals surface area contributed by atoms with E-state index in [4.69, 9.17) is 9.47 Å². The molecule has 1 aliphatic heterocycles. The molecule has 0 radical (unpaired) electrons. The third kappa shape index (κ3) is 4.39. The molecular weight excluding hydrogens is 332 g/mol. The van der Waals surface area contributed by atoms with Gasteiger partial charge in [-0.25, -0.2) is 13.1 Å². The van der Waals surface area contributed by atoms with Gasteiger partial charge in [-0.3, -0.25) is 4.79 Å². The second kappa shape index (κ2) is 7.85.